The van der Waals surface area contributed by atoms with Crippen LogP contribution in [0.25, 0.3) is 0 Å². The van der Waals surface area contributed by atoms with E-state index in [0.29, 0.717) is 4.90 Å². The van der Waals surface area contributed by atoms with Gasteiger partial charge in [-0.1, -0.05) is 12.1 Å². The number of Topliss-reactive ketones (excluding diaryl/α,β-unsaturated/α-hetero) is 1. The SMILES string of the molecule is CC(=O)c1cc(F)cc(CSc2ccccc2F)c1O. The minimum absolute atomic E-state index is 0.0610. The van der Waals surface area contributed by atoms with Crippen molar-refractivity contribution < 1.29 is 18.7 Å². The Morgan fingerprint density at radius 2 is 1.95 bits per heavy atom. The highest BCUT2D eigenvalue weighted by molar-refractivity contribution is 7.98. The molecule has 0 aromatic heterocycles. The molecule has 0 amide bonds. The van der Waals surface area contributed by atoms with Crippen LogP contribution in [-0.2, 0) is 5.75 Å². The number of thioether (sulfide) groups is 1. The largest absolute Gasteiger partial charge is 0.507 e. The zero-order chi connectivity index (χ0) is 14.7. The van der Waals surface area contributed by atoms with E-state index in [9.17, 15) is 18.7 Å². The number of rotatable bonds is 4. The summed E-state index contributed by atoms with van der Waals surface area (Å²) in [5.41, 5.74) is 0.206. The molecule has 2 rings (SSSR count). The molecule has 0 spiro atoms. The van der Waals surface area contributed by atoms with E-state index in [4.69, 9.17) is 0 Å². The fraction of sp³-hybridized carbons (Fsp3) is 0.133. The van der Waals surface area contributed by atoms with E-state index in [1.54, 1.807) is 18.2 Å². The molecule has 2 aromatic rings. The van der Waals surface area contributed by atoms with Crippen LogP contribution in [0.4, 0.5) is 8.78 Å². The maximum Gasteiger partial charge on any atom is 0.163 e. The monoisotopic (exact) mass is 294 g/mol. The van der Waals surface area contributed by atoms with Gasteiger partial charge in [0.1, 0.15) is 17.4 Å². The lowest BCUT2D eigenvalue weighted by atomic mass is 10.1. The molecule has 5 heteroatoms. The molecule has 0 radical (unpaired) electrons. The summed E-state index contributed by atoms with van der Waals surface area (Å²) in [5, 5.41) is 9.94. The number of aromatic hydroxyl groups is 1. The molecule has 0 saturated heterocycles. The fourth-order valence-electron chi connectivity index (χ4n) is 1.75. The van der Waals surface area contributed by atoms with Gasteiger partial charge in [0.05, 0.1) is 5.56 Å². The van der Waals surface area contributed by atoms with Crippen molar-refractivity contribution in [3.05, 3.63) is 59.2 Å². The Hall–Kier alpha value is -1.88. The van der Waals surface area contributed by atoms with E-state index in [1.165, 1.54) is 13.0 Å². The molecule has 0 unspecified atom stereocenters. The average molecular weight is 294 g/mol. The van der Waals surface area contributed by atoms with Crippen molar-refractivity contribution in [2.75, 3.05) is 0 Å². The summed E-state index contributed by atoms with van der Waals surface area (Å²) in [6.07, 6.45) is 0. The Kier molecular flexibility index (Phi) is 4.39. The van der Waals surface area contributed by atoms with E-state index in [0.717, 1.165) is 23.9 Å². The third kappa shape index (κ3) is 3.17. The van der Waals surface area contributed by atoms with Gasteiger partial charge in [-0.05, 0) is 31.2 Å². The van der Waals surface area contributed by atoms with Gasteiger partial charge in [-0.2, -0.15) is 0 Å². The highest BCUT2D eigenvalue weighted by Gasteiger charge is 2.14. The number of carbonyl (C=O) groups excluding carboxylic acids is 1. The first-order chi connectivity index (χ1) is 9.49. The quantitative estimate of drug-likeness (QED) is 0.679. The van der Waals surface area contributed by atoms with Gasteiger partial charge in [0.15, 0.2) is 5.78 Å². The van der Waals surface area contributed by atoms with Crippen molar-refractivity contribution in [2.45, 2.75) is 17.6 Å². The smallest absolute Gasteiger partial charge is 0.163 e. The van der Waals surface area contributed by atoms with Crippen molar-refractivity contribution in [3.63, 3.8) is 0 Å². The third-order valence-electron chi connectivity index (χ3n) is 2.75. The van der Waals surface area contributed by atoms with Crippen molar-refractivity contribution in [3.8, 4) is 5.75 Å². The van der Waals surface area contributed by atoms with E-state index < -0.39 is 11.6 Å². The topological polar surface area (TPSA) is 37.3 Å². The molecule has 20 heavy (non-hydrogen) atoms. The van der Waals surface area contributed by atoms with Crippen molar-refractivity contribution in [1.29, 1.82) is 0 Å². The summed E-state index contributed by atoms with van der Waals surface area (Å²) < 4.78 is 26.9. The van der Waals surface area contributed by atoms with Gasteiger partial charge in [-0.3, -0.25) is 4.79 Å². The van der Waals surface area contributed by atoms with Gasteiger partial charge >= 0.3 is 0 Å². The second-order valence-corrected chi connectivity index (χ2v) is 5.25. The van der Waals surface area contributed by atoms with Gasteiger partial charge in [-0.15, -0.1) is 11.8 Å². The lowest BCUT2D eigenvalue weighted by molar-refractivity contribution is 0.101. The predicted molar refractivity (Wildman–Crippen MR) is 74.0 cm³/mol. The van der Waals surface area contributed by atoms with Crippen molar-refractivity contribution >= 4 is 17.5 Å². The molecule has 2 aromatic carbocycles. The van der Waals surface area contributed by atoms with Crippen LogP contribution in [0.1, 0.15) is 22.8 Å². The highest BCUT2D eigenvalue weighted by atomic mass is 32.2. The lowest BCUT2D eigenvalue weighted by Gasteiger charge is -2.09. The summed E-state index contributed by atoms with van der Waals surface area (Å²) in [6.45, 7) is 1.25. The molecule has 0 saturated carbocycles. The average Bonchev–Trinajstić information content (AvgIpc) is 2.40. The first kappa shape index (κ1) is 14.5. The van der Waals surface area contributed by atoms with Crippen LogP contribution in [0.15, 0.2) is 41.3 Å². The Bertz CT molecular complexity index is 656. The zero-order valence-electron chi connectivity index (χ0n) is 10.7. The Morgan fingerprint density at radius 1 is 1.25 bits per heavy atom. The van der Waals surface area contributed by atoms with E-state index in [2.05, 4.69) is 0 Å². The van der Waals surface area contributed by atoms with Gasteiger partial charge in [-0.25, -0.2) is 8.78 Å². The first-order valence-electron chi connectivity index (χ1n) is 5.88. The van der Waals surface area contributed by atoms with Gasteiger partial charge in [0.2, 0.25) is 0 Å². The highest BCUT2D eigenvalue weighted by Crippen LogP contribution is 2.32. The molecule has 0 bridgehead atoms. The van der Waals surface area contributed by atoms with Gasteiger partial charge < -0.3 is 5.11 Å². The van der Waals surface area contributed by atoms with Crippen molar-refractivity contribution in [1.82, 2.24) is 0 Å². The van der Waals surface area contributed by atoms with E-state index in [1.807, 2.05) is 0 Å². The summed E-state index contributed by atoms with van der Waals surface area (Å²) in [4.78, 5) is 11.7. The minimum Gasteiger partial charge on any atom is -0.507 e. The van der Waals surface area contributed by atoms with Crippen LogP contribution < -0.4 is 0 Å². The second kappa shape index (κ2) is 6.05. The van der Waals surface area contributed by atoms with Crippen LogP contribution in [-0.4, -0.2) is 10.9 Å². The van der Waals surface area contributed by atoms with Gasteiger partial charge in [0.25, 0.3) is 0 Å². The normalized spacial score (nSPS) is 10.6. The maximum absolute atomic E-state index is 13.5. The summed E-state index contributed by atoms with van der Waals surface area (Å²) in [5.74, 6) is -1.47. The second-order valence-electron chi connectivity index (χ2n) is 4.24. The summed E-state index contributed by atoms with van der Waals surface area (Å²) >= 11 is 1.13. The van der Waals surface area contributed by atoms with Gasteiger partial charge in [0, 0.05) is 16.2 Å². The Morgan fingerprint density at radius 3 is 2.60 bits per heavy atom. The summed E-state index contributed by atoms with van der Waals surface area (Å²) in [6, 6.07) is 8.34. The molecule has 0 aliphatic heterocycles. The number of ketones is 1. The van der Waals surface area contributed by atoms with Crippen LogP contribution in [0, 0.1) is 11.6 Å². The fourth-order valence-corrected chi connectivity index (χ4v) is 2.66. The predicted octanol–water partition coefficient (Wildman–Crippen LogP) is 4.17. The number of hydrogen-bond donors (Lipinski definition) is 1. The molecule has 2 nitrogen and oxygen atoms in total. The Balaban J connectivity index is 2.26. The molecule has 0 aliphatic carbocycles. The molecule has 0 aliphatic rings. The molecular weight excluding hydrogens is 282 g/mol. The molecule has 0 atom stereocenters. The van der Waals surface area contributed by atoms with Crippen molar-refractivity contribution in [2.24, 2.45) is 0 Å². The van der Waals surface area contributed by atoms with Crippen LogP contribution >= 0.6 is 11.8 Å². The summed E-state index contributed by atoms with van der Waals surface area (Å²) in [7, 11) is 0. The van der Waals surface area contributed by atoms with E-state index >= 15 is 0 Å². The number of phenols is 1. The number of hydrogen-bond acceptors (Lipinski definition) is 3. The molecule has 0 fully saturated rings. The molecule has 104 valence electrons. The molecule has 1 N–H and O–H groups in total. The van der Waals surface area contributed by atoms with Crippen LogP contribution in [0.5, 0.6) is 5.75 Å². The Labute approximate surface area is 119 Å². The number of carbonyl (C=O) groups is 1. The number of benzene rings is 2. The van der Waals surface area contributed by atoms with Crippen LogP contribution in [0.3, 0.4) is 0 Å². The maximum atomic E-state index is 13.5. The molecule has 0 heterocycles. The lowest BCUT2D eigenvalue weighted by Crippen LogP contribution is -1.97. The number of phenolic OH excluding ortho intramolecular Hbond substituents is 1. The standard InChI is InChI=1S/C15H12F2O2S/c1-9(18)12-7-11(16)6-10(15(12)19)8-20-14-5-3-2-4-13(14)17/h2-7,19H,8H2,1H3. The molecular formula is C15H12F2O2S. The third-order valence-corrected chi connectivity index (χ3v) is 3.85. The van der Waals surface area contributed by atoms with Crippen LogP contribution in [0.2, 0.25) is 0 Å². The number of halogens is 2. The van der Waals surface area contributed by atoms with E-state index in [-0.39, 0.29) is 28.4 Å². The zero-order valence-corrected chi connectivity index (χ0v) is 11.5. The first-order valence-corrected chi connectivity index (χ1v) is 6.87. The minimum atomic E-state index is -0.600.